The third-order valence-corrected chi connectivity index (χ3v) is 3.66. The fraction of sp³-hybridized carbons (Fsp3) is 0.200. The number of ether oxygens (including phenoxy) is 2. The molecule has 0 heterocycles. The predicted octanol–water partition coefficient (Wildman–Crippen LogP) is 3.64. The summed E-state index contributed by atoms with van der Waals surface area (Å²) < 4.78 is 10.8. The van der Waals surface area contributed by atoms with Crippen LogP contribution in [0.1, 0.15) is 6.92 Å². The molecule has 0 unspecified atom stereocenters. The van der Waals surface area contributed by atoms with E-state index < -0.39 is 16.4 Å². The van der Waals surface area contributed by atoms with Gasteiger partial charge in [-0.05, 0) is 46.6 Å². The van der Waals surface area contributed by atoms with Crippen molar-refractivity contribution < 1.29 is 24.6 Å². The molecule has 0 fully saturated rings. The molecular weight excluding hydrogens is 370 g/mol. The van der Waals surface area contributed by atoms with Gasteiger partial charge in [-0.2, -0.15) is 0 Å². The van der Waals surface area contributed by atoms with Crippen molar-refractivity contribution in [2.75, 3.05) is 13.7 Å². The fourth-order valence-corrected chi connectivity index (χ4v) is 2.32. The zero-order valence-electron chi connectivity index (χ0n) is 12.3. The molecule has 0 amide bonds. The third kappa shape index (κ3) is 3.16. The molecule has 2 aromatic carbocycles. The van der Waals surface area contributed by atoms with E-state index in [0.717, 1.165) is 0 Å². The summed E-state index contributed by atoms with van der Waals surface area (Å²) in [7, 11) is 1.29. The van der Waals surface area contributed by atoms with Gasteiger partial charge in [-0.3, -0.25) is 10.1 Å². The molecule has 0 saturated carbocycles. The van der Waals surface area contributed by atoms with Crippen molar-refractivity contribution >= 4 is 21.6 Å². The molecule has 0 aliphatic heterocycles. The molecule has 2 N–H and O–H groups in total. The van der Waals surface area contributed by atoms with E-state index in [1.165, 1.54) is 25.3 Å². The highest BCUT2D eigenvalue weighted by molar-refractivity contribution is 9.10. The number of nitrogens with zero attached hydrogens (tertiary/aromatic N) is 1. The first kappa shape index (κ1) is 16.9. The SMILES string of the molecule is CCOc1c(-c2cc(OC)c(O)c([N+](=O)[O-])c2)[c]cc(Br)c1O. The summed E-state index contributed by atoms with van der Waals surface area (Å²) in [6, 6.07) is 6.94. The Kier molecular flexibility index (Phi) is 4.95. The number of aromatic hydroxyl groups is 2. The van der Waals surface area contributed by atoms with Crippen LogP contribution in [0.15, 0.2) is 22.7 Å². The zero-order chi connectivity index (χ0) is 17.1. The van der Waals surface area contributed by atoms with Crippen molar-refractivity contribution in [3.8, 4) is 34.1 Å². The normalized spacial score (nSPS) is 10.4. The first-order valence-electron chi connectivity index (χ1n) is 6.52. The van der Waals surface area contributed by atoms with Crippen LogP contribution < -0.4 is 9.47 Å². The minimum absolute atomic E-state index is 0.0625. The van der Waals surface area contributed by atoms with Crippen LogP contribution in [0.2, 0.25) is 0 Å². The van der Waals surface area contributed by atoms with E-state index in [-0.39, 0.29) is 23.9 Å². The topological polar surface area (TPSA) is 102 Å². The Bertz CT molecular complexity index is 762. The Balaban J connectivity index is 2.74. The average Bonchev–Trinajstić information content (AvgIpc) is 2.52. The highest BCUT2D eigenvalue weighted by Gasteiger charge is 2.23. The monoisotopic (exact) mass is 382 g/mol. The maximum Gasteiger partial charge on any atom is 0.315 e. The smallest absolute Gasteiger partial charge is 0.315 e. The van der Waals surface area contributed by atoms with Gasteiger partial charge < -0.3 is 19.7 Å². The first-order valence-corrected chi connectivity index (χ1v) is 7.31. The van der Waals surface area contributed by atoms with Gasteiger partial charge >= 0.3 is 5.69 Å². The molecule has 0 aliphatic rings. The Morgan fingerprint density at radius 1 is 1.35 bits per heavy atom. The molecule has 0 bridgehead atoms. The van der Waals surface area contributed by atoms with Crippen molar-refractivity contribution in [1.29, 1.82) is 0 Å². The number of hydrogen-bond donors (Lipinski definition) is 2. The lowest BCUT2D eigenvalue weighted by Gasteiger charge is -2.14. The standard InChI is InChI=1S/C15H13BrNO6/c1-3-23-15-9(4-5-10(16)13(15)18)8-6-11(17(20)21)14(19)12(7-8)22-2/h5-7,18-19H,3H2,1-2H3. The summed E-state index contributed by atoms with van der Waals surface area (Å²) in [5.74, 6) is -0.646. The number of nitro benzene ring substituents is 1. The number of phenolic OH excluding ortho intramolecular Hbond substituents is 2. The molecule has 7 nitrogen and oxygen atoms in total. The van der Waals surface area contributed by atoms with E-state index in [9.17, 15) is 20.3 Å². The molecule has 0 atom stereocenters. The molecule has 0 aliphatic carbocycles. The molecule has 2 aromatic rings. The van der Waals surface area contributed by atoms with E-state index >= 15 is 0 Å². The number of phenols is 2. The maximum absolute atomic E-state index is 11.1. The van der Waals surface area contributed by atoms with Crippen LogP contribution in [0.25, 0.3) is 11.1 Å². The second kappa shape index (κ2) is 6.74. The zero-order valence-corrected chi connectivity index (χ0v) is 13.9. The van der Waals surface area contributed by atoms with Crippen LogP contribution in [0.4, 0.5) is 5.69 Å². The van der Waals surface area contributed by atoms with Gasteiger partial charge in [0.1, 0.15) is 0 Å². The van der Waals surface area contributed by atoms with Crippen LogP contribution in [-0.2, 0) is 0 Å². The average molecular weight is 383 g/mol. The lowest BCUT2D eigenvalue weighted by Crippen LogP contribution is -1.97. The van der Waals surface area contributed by atoms with Crippen molar-refractivity contribution in [2.24, 2.45) is 0 Å². The Labute approximate surface area is 140 Å². The van der Waals surface area contributed by atoms with E-state index in [0.29, 0.717) is 15.6 Å². The minimum atomic E-state index is -0.722. The summed E-state index contributed by atoms with van der Waals surface area (Å²) in [6.07, 6.45) is 0. The van der Waals surface area contributed by atoms with E-state index in [2.05, 4.69) is 22.0 Å². The van der Waals surface area contributed by atoms with Crippen LogP contribution in [-0.4, -0.2) is 28.9 Å². The second-order valence-corrected chi connectivity index (χ2v) is 5.28. The van der Waals surface area contributed by atoms with Gasteiger partial charge in [0, 0.05) is 11.6 Å². The van der Waals surface area contributed by atoms with Gasteiger partial charge in [-0.1, -0.05) is 0 Å². The van der Waals surface area contributed by atoms with Crippen molar-refractivity contribution in [3.05, 3.63) is 38.9 Å². The summed E-state index contributed by atoms with van der Waals surface area (Å²) >= 11 is 3.17. The van der Waals surface area contributed by atoms with Gasteiger partial charge in [-0.15, -0.1) is 0 Å². The van der Waals surface area contributed by atoms with Crippen molar-refractivity contribution in [2.45, 2.75) is 6.92 Å². The van der Waals surface area contributed by atoms with E-state index in [1.54, 1.807) is 6.92 Å². The maximum atomic E-state index is 11.1. The van der Waals surface area contributed by atoms with Gasteiger partial charge in [-0.25, -0.2) is 0 Å². The predicted molar refractivity (Wildman–Crippen MR) is 86.1 cm³/mol. The van der Waals surface area contributed by atoms with Gasteiger partial charge in [0.25, 0.3) is 0 Å². The Hall–Kier alpha value is -2.48. The molecule has 121 valence electrons. The molecule has 23 heavy (non-hydrogen) atoms. The van der Waals surface area contributed by atoms with Gasteiger partial charge in [0.2, 0.25) is 5.75 Å². The summed E-state index contributed by atoms with van der Waals surface area (Å²) in [4.78, 5) is 10.4. The first-order chi connectivity index (χ1) is 10.9. The Morgan fingerprint density at radius 2 is 2.04 bits per heavy atom. The second-order valence-electron chi connectivity index (χ2n) is 4.43. The largest absolute Gasteiger partial charge is 0.503 e. The van der Waals surface area contributed by atoms with Crippen LogP contribution in [0.5, 0.6) is 23.0 Å². The lowest BCUT2D eigenvalue weighted by atomic mass is 10.0. The van der Waals surface area contributed by atoms with Crippen LogP contribution >= 0.6 is 15.9 Å². The number of benzene rings is 2. The third-order valence-electron chi connectivity index (χ3n) is 3.06. The number of nitro groups is 1. The molecule has 1 radical (unpaired) electrons. The minimum Gasteiger partial charge on any atom is -0.503 e. The number of hydrogen-bond acceptors (Lipinski definition) is 6. The molecule has 0 spiro atoms. The highest BCUT2D eigenvalue weighted by Crippen LogP contribution is 2.46. The molecule has 0 aromatic heterocycles. The van der Waals surface area contributed by atoms with Crippen LogP contribution in [0.3, 0.4) is 0 Å². The lowest BCUT2D eigenvalue weighted by molar-refractivity contribution is -0.385. The number of rotatable bonds is 5. The molecule has 0 saturated heterocycles. The van der Waals surface area contributed by atoms with Gasteiger partial charge in [0.05, 0.1) is 23.1 Å². The summed E-state index contributed by atoms with van der Waals surface area (Å²) in [5, 5.41) is 31.1. The number of methoxy groups -OCH3 is 1. The summed E-state index contributed by atoms with van der Waals surface area (Å²) in [6.45, 7) is 2.02. The quantitative estimate of drug-likeness (QED) is 0.604. The van der Waals surface area contributed by atoms with E-state index in [4.69, 9.17) is 9.47 Å². The van der Waals surface area contributed by atoms with Crippen molar-refractivity contribution in [1.82, 2.24) is 0 Å². The summed E-state index contributed by atoms with van der Waals surface area (Å²) in [5.41, 5.74) is 0.115. The van der Waals surface area contributed by atoms with Crippen molar-refractivity contribution in [3.63, 3.8) is 0 Å². The fourth-order valence-electron chi connectivity index (χ4n) is 2.03. The van der Waals surface area contributed by atoms with Crippen LogP contribution in [0, 0.1) is 16.2 Å². The molecular formula is C15H13BrNO6. The van der Waals surface area contributed by atoms with Gasteiger partial charge in [0.15, 0.2) is 17.2 Å². The molecule has 2 rings (SSSR count). The number of halogens is 1. The van der Waals surface area contributed by atoms with E-state index in [1.807, 2.05) is 0 Å². The highest BCUT2D eigenvalue weighted by atomic mass is 79.9. The Morgan fingerprint density at radius 3 is 2.61 bits per heavy atom. The molecule has 8 heteroatoms.